The summed E-state index contributed by atoms with van der Waals surface area (Å²) < 4.78 is 0. The van der Waals surface area contributed by atoms with E-state index in [-0.39, 0.29) is 0 Å². The maximum atomic E-state index is 11.8. The van der Waals surface area contributed by atoms with Crippen LogP contribution in [0.15, 0.2) is 0 Å². The SMILES string of the molecule is CCCC(=O)N1CCCC(C(C)(C)C)C1. The van der Waals surface area contributed by atoms with Crippen molar-refractivity contribution in [2.24, 2.45) is 11.3 Å². The van der Waals surface area contributed by atoms with Crippen molar-refractivity contribution in [1.29, 1.82) is 0 Å². The van der Waals surface area contributed by atoms with Crippen molar-refractivity contribution in [2.75, 3.05) is 13.1 Å². The Bertz CT molecular complexity index is 217. The highest BCUT2D eigenvalue weighted by atomic mass is 16.2. The third-order valence-corrected chi connectivity index (χ3v) is 3.46. The molecule has 88 valence electrons. The quantitative estimate of drug-likeness (QED) is 0.687. The average Bonchev–Trinajstić information content (AvgIpc) is 2.17. The van der Waals surface area contributed by atoms with Crippen LogP contribution in [0.3, 0.4) is 0 Å². The summed E-state index contributed by atoms with van der Waals surface area (Å²) in [6.45, 7) is 10.9. The van der Waals surface area contributed by atoms with Gasteiger partial charge in [-0.1, -0.05) is 27.7 Å². The first kappa shape index (κ1) is 12.5. The first-order chi connectivity index (χ1) is 6.95. The minimum atomic E-state index is 0.338. The van der Waals surface area contributed by atoms with E-state index in [4.69, 9.17) is 0 Å². The van der Waals surface area contributed by atoms with Crippen LogP contribution in [0.5, 0.6) is 0 Å². The minimum absolute atomic E-state index is 0.338. The summed E-state index contributed by atoms with van der Waals surface area (Å²) in [6.07, 6.45) is 4.14. The van der Waals surface area contributed by atoms with E-state index >= 15 is 0 Å². The van der Waals surface area contributed by atoms with Crippen molar-refractivity contribution in [3.8, 4) is 0 Å². The van der Waals surface area contributed by atoms with Gasteiger partial charge in [-0.2, -0.15) is 0 Å². The molecule has 0 bridgehead atoms. The molecule has 2 nitrogen and oxygen atoms in total. The molecule has 1 aliphatic heterocycles. The van der Waals surface area contributed by atoms with E-state index in [1.807, 2.05) is 0 Å². The molecule has 0 radical (unpaired) electrons. The Kier molecular flexibility index (Phi) is 4.18. The number of hydrogen-bond donors (Lipinski definition) is 0. The van der Waals surface area contributed by atoms with Gasteiger partial charge in [-0.3, -0.25) is 4.79 Å². The normalized spacial score (nSPS) is 22.9. The van der Waals surface area contributed by atoms with E-state index in [0.29, 0.717) is 17.2 Å². The topological polar surface area (TPSA) is 20.3 Å². The van der Waals surface area contributed by atoms with Crippen LogP contribution >= 0.6 is 0 Å². The molecule has 1 saturated heterocycles. The van der Waals surface area contributed by atoms with Gasteiger partial charge in [0.2, 0.25) is 5.91 Å². The van der Waals surface area contributed by atoms with Crippen LogP contribution in [0, 0.1) is 11.3 Å². The highest BCUT2D eigenvalue weighted by Crippen LogP contribution is 2.33. The van der Waals surface area contributed by atoms with E-state index in [1.165, 1.54) is 12.8 Å². The summed E-state index contributed by atoms with van der Waals surface area (Å²) in [5, 5.41) is 0. The predicted molar refractivity (Wildman–Crippen MR) is 63.7 cm³/mol. The Morgan fingerprint density at radius 2 is 2.07 bits per heavy atom. The molecule has 2 heteroatoms. The minimum Gasteiger partial charge on any atom is -0.342 e. The monoisotopic (exact) mass is 211 g/mol. The molecule has 1 amide bonds. The fourth-order valence-electron chi connectivity index (χ4n) is 2.28. The Balaban J connectivity index is 2.52. The van der Waals surface area contributed by atoms with Crippen molar-refractivity contribution < 1.29 is 4.79 Å². The Hall–Kier alpha value is -0.530. The van der Waals surface area contributed by atoms with E-state index in [2.05, 4.69) is 32.6 Å². The fraction of sp³-hybridized carbons (Fsp3) is 0.923. The van der Waals surface area contributed by atoms with Crippen molar-refractivity contribution in [2.45, 2.75) is 53.4 Å². The molecule has 1 aliphatic rings. The largest absolute Gasteiger partial charge is 0.342 e. The second-order valence-corrected chi connectivity index (χ2v) is 5.79. The first-order valence-electron chi connectivity index (χ1n) is 6.23. The molecule has 1 atom stereocenters. The number of carbonyl (C=O) groups is 1. The summed E-state index contributed by atoms with van der Waals surface area (Å²) in [6, 6.07) is 0. The van der Waals surface area contributed by atoms with Crippen LogP contribution in [0.1, 0.15) is 53.4 Å². The summed E-state index contributed by atoms with van der Waals surface area (Å²) in [7, 11) is 0. The fourth-order valence-corrected chi connectivity index (χ4v) is 2.28. The summed E-state index contributed by atoms with van der Waals surface area (Å²) >= 11 is 0. The summed E-state index contributed by atoms with van der Waals surface area (Å²) in [4.78, 5) is 13.9. The predicted octanol–water partition coefficient (Wildman–Crippen LogP) is 3.07. The standard InChI is InChI=1S/C13H25NO/c1-5-7-12(15)14-9-6-8-11(10-14)13(2,3)4/h11H,5-10H2,1-4H3. The molecule has 0 saturated carbocycles. The second-order valence-electron chi connectivity index (χ2n) is 5.79. The zero-order valence-corrected chi connectivity index (χ0v) is 10.7. The molecule has 0 aromatic rings. The lowest BCUT2D eigenvalue weighted by molar-refractivity contribution is -0.133. The average molecular weight is 211 g/mol. The third-order valence-electron chi connectivity index (χ3n) is 3.46. The van der Waals surface area contributed by atoms with Crippen molar-refractivity contribution in [1.82, 2.24) is 4.90 Å². The molecule has 0 aromatic carbocycles. The summed E-state index contributed by atoms with van der Waals surface area (Å²) in [5.41, 5.74) is 0.338. The molecule has 1 fully saturated rings. The van der Waals surface area contributed by atoms with E-state index in [0.717, 1.165) is 25.9 Å². The number of carbonyl (C=O) groups excluding carboxylic acids is 1. The number of hydrogen-bond acceptors (Lipinski definition) is 1. The van der Waals surface area contributed by atoms with Crippen molar-refractivity contribution in [3.63, 3.8) is 0 Å². The zero-order valence-electron chi connectivity index (χ0n) is 10.7. The molecule has 0 aliphatic carbocycles. The van der Waals surface area contributed by atoms with Gasteiger partial charge in [0.1, 0.15) is 0 Å². The molecular formula is C13H25NO. The van der Waals surface area contributed by atoms with Gasteiger partial charge in [0, 0.05) is 19.5 Å². The molecular weight excluding hydrogens is 186 g/mol. The van der Waals surface area contributed by atoms with Crippen LogP contribution in [0.25, 0.3) is 0 Å². The van der Waals surface area contributed by atoms with Crippen molar-refractivity contribution >= 4 is 5.91 Å². The molecule has 0 N–H and O–H groups in total. The lowest BCUT2D eigenvalue weighted by atomic mass is 9.76. The lowest BCUT2D eigenvalue weighted by Crippen LogP contribution is -2.43. The van der Waals surface area contributed by atoms with Gasteiger partial charge in [0.05, 0.1) is 0 Å². The smallest absolute Gasteiger partial charge is 0.222 e. The molecule has 1 rings (SSSR count). The second kappa shape index (κ2) is 5.00. The Morgan fingerprint density at radius 1 is 1.40 bits per heavy atom. The highest BCUT2D eigenvalue weighted by molar-refractivity contribution is 5.76. The first-order valence-corrected chi connectivity index (χ1v) is 6.23. The Morgan fingerprint density at radius 3 is 2.60 bits per heavy atom. The Labute approximate surface area is 94.0 Å². The number of likely N-dealkylation sites (tertiary alicyclic amines) is 1. The van der Waals surface area contributed by atoms with Crippen LogP contribution in [0.2, 0.25) is 0 Å². The van der Waals surface area contributed by atoms with Crippen LogP contribution < -0.4 is 0 Å². The van der Waals surface area contributed by atoms with Gasteiger partial charge in [-0.25, -0.2) is 0 Å². The number of rotatable bonds is 2. The summed E-state index contributed by atoms with van der Waals surface area (Å²) in [5.74, 6) is 1.03. The van der Waals surface area contributed by atoms with Crippen LogP contribution in [-0.4, -0.2) is 23.9 Å². The molecule has 15 heavy (non-hydrogen) atoms. The van der Waals surface area contributed by atoms with Gasteiger partial charge >= 0.3 is 0 Å². The van der Waals surface area contributed by atoms with Crippen molar-refractivity contribution in [3.05, 3.63) is 0 Å². The van der Waals surface area contributed by atoms with Gasteiger partial charge < -0.3 is 4.90 Å². The van der Waals surface area contributed by atoms with E-state index in [9.17, 15) is 4.79 Å². The van der Waals surface area contributed by atoms with Gasteiger partial charge in [0.15, 0.2) is 0 Å². The van der Waals surface area contributed by atoms with E-state index in [1.54, 1.807) is 0 Å². The number of amides is 1. The third kappa shape index (κ3) is 3.51. The molecule has 0 spiro atoms. The van der Waals surface area contributed by atoms with E-state index < -0.39 is 0 Å². The van der Waals surface area contributed by atoms with Gasteiger partial charge in [-0.15, -0.1) is 0 Å². The molecule has 0 aromatic heterocycles. The number of nitrogens with zero attached hydrogens (tertiary/aromatic N) is 1. The van der Waals surface area contributed by atoms with Gasteiger partial charge in [-0.05, 0) is 30.6 Å². The van der Waals surface area contributed by atoms with Crippen LogP contribution in [0.4, 0.5) is 0 Å². The molecule has 1 unspecified atom stereocenters. The number of piperidine rings is 1. The highest BCUT2D eigenvalue weighted by Gasteiger charge is 2.30. The van der Waals surface area contributed by atoms with Crippen LogP contribution in [-0.2, 0) is 4.79 Å². The molecule has 1 heterocycles. The van der Waals surface area contributed by atoms with Gasteiger partial charge in [0.25, 0.3) is 0 Å². The zero-order chi connectivity index (χ0) is 11.5. The maximum Gasteiger partial charge on any atom is 0.222 e. The lowest BCUT2D eigenvalue weighted by Gasteiger charge is -2.39. The maximum absolute atomic E-state index is 11.8.